The van der Waals surface area contributed by atoms with Crippen molar-refractivity contribution in [2.45, 2.75) is 17.2 Å². The lowest BCUT2D eigenvalue weighted by Crippen LogP contribution is -2.17. The van der Waals surface area contributed by atoms with Crippen molar-refractivity contribution in [1.82, 2.24) is 39.5 Å². The summed E-state index contributed by atoms with van der Waals surface area (Å²) in [5.74, 6) is -0.265. The van der Waals surface area contributed by atoms with Crippen molar-refractivity contribution in [3.05, 3.63) is 72.3 Å². The summed E-state index contributed by atoms with van der Waals surface area (Å²) in [4.78, 5) is 34.9. The number of hydrogen-bond donors (Lipinski definition) is 2. The van der Waals surface area contributed by atoms with Gasteiger partial charge in [-0.25, -0.2) is 9.97 Å². The van der Waals surface area contributed by atoms with Gasteiger partial charge in [0.2, 0.25) is 22.1 Å². The molecule has 0 fully saturated rings. The largest absolute Gasteiger partial charge is 0.327 e. The molecule has 4 heterocycles. The Kier molecular flexibility index (Phi) is 7.51. The third-order valence-electron chi connectivity index (χ3n) is 7.43. The predicted molar refractivity (Wildman–Crippen MR) is 178 cm³/mol. The molecule has 0 atom stereocenters. The molecule has 3 aromatic carbocycles. The second-order valence-electron chi connectivity index (χ2n) is 10.4. The maximum atomic E-state index is 12.9. The SMILES string of the molecule is Cc1ccc(NC(=O)CSc2nnc3c4ccccc4n(C)c3n2)cc1NC(=O)CSc1nnc2c3ccccc3n(C)c2n1. The number of aromatic nitrogens is 8. The molecule has 0 aliphatic heterocycles. The fraction of sp³-hybridized carbons (Fsp3) is 0.161. The first kappa shape index (κ1) is 28.7. The Balaban J connectivity index is 0.967. The van der Waals surface area contributed by atoms with E-state index in [4.69, 9.17) is 0 Å². The summed E-state index contributed by atoms with van der Waals surface area (Å²) >= 11 is 2.41. The molecule has 0 aliphatic rings. The minimum Gasteiger partial charge on any atom is -0.327 e. The first-order valence-electron chi connectivity index (χ1n) is 14.0. The Labute approximate surface area is 265 Å². The van der Waals surface area contributed by atoms with Gasteiger partial charge in [-0.15, -0.1) is 20.4 Å². The molecule has 0 bridgehead atoms. The molecule has 14 heteroatoms. The Hall–Kier alpha value is -5.08. The Bertz CT molecular complexity index is 2280. The average Bonchev–Trinajstić information content (AvgIpc) is 3.51. The maximum Gasteiger partial charge on any atom is 0.234 e. The monoisotopic (exact) mass is 634 g/mol. The van der Waals surface area contributed by atoms with Crippen LogP contribution in [-0.2, 0) is 23.7 Å². The maximum absolute atomic E-state index is 12.9. The highest BCUT2D eigenvalue weighted by Crippen LogP contribution is 2.28. The molecule has 4 aromatic heterocycles. The highest BCUT2D eigenvalue weighted by atomic mass is 32.2. The Morgan fingerprint density at radius 3 is 1.76 bits per heavy atom. The van der Waals surface area contributed by atoms with Crippen LogP contribution in [0.1, 0.15) is 5.56 Å². The minimum atomic E-state index is -0.231. The number of nitrogens with one attached hydrogen (secondary N) is 2. The number of anilines is 2. The van der Waals surface area contributed by atoms with E-state index in [2.05, 4.69) is 41.0 Å². The Morgan fingerprint density at radius 1 is 0.689 bits per heavy atom. The summed E-state index contributed by atoms with van der Waals surface area (Å²) in [7, 11) is 3.87. The van der Waals surface area contributed by atoms with Crippen LogP contribution in [0, 0.1) is 6.92 Å². The summed E-state index contributed by atoms with van der Waals surface area (Å²) in [6.45, 7) is 1.89. The lowest BCUT2D eigenvalue weighted by Gasteiger charge is -2.11. The highest BCUT2D eigenvalue weighted by Gasteiger charge is 2.16. The van der Waals surface area contributed by atoms with E-state index in [-0.39, 0.29) is 23.3 Å². The zero-order valence-electron chi connectivity index (χ0n) is 24.5. The van der Waals surface area contributed by atoms with Crippen LogP contribution in [0.15, 0.2) is 77.0 Å². The first-order chi connectivity index (χ1) is 21.9. The van der Waals surface area contributed by atoms with E-state index < -0.39 is 0 Å². The standard InChI is InChI=1S/C31H26N10O2S2/c1-17-12-13-18(32-24(42)15-44-30-34-28-26(36-38-30)19-8-4-6-10-22(19)40(28)2)14-21(17)33-25(43)16-45-31-35-29-27(37-39-31)20-9-5-7-11-23(20)41(29)3/h4-14H,15-16H2,1-3H3,(H,32,42)(H,33,43). The molecule has 2 amide bonds. The van der Waals surface area contributed by atoms with Gasteiger partial charge in [0.25, 0.3) is 0 Å². The second-order valence-corrected chi connectivity index (χ2v) is 12.3. The van der Waals surface area contributed by atoms with Gasteiger partial charge in [0.1, 0.15) is 11.0 Å². The summed E-state index contributed by atoms with van der Waals surface area (Å²) in [5, 5.41) is 25.8. The summed E-state index contributed by atoms with van der Waals surface area (Å²) < 4.78 is 3.94. The molecular formula is C31H26N10O2S2. The van der Waals surface area contributed by atoms with Crippen molar-refractivity contribution in [3.63, 3.8) is 0 Å². The molecule has 224 valence electrons. The van der Waals surface area contributed by atoms with Gasteiger partial charge in [-0.3, -0.25) is 9.59 Å². The van der Waals surface area contributed by atoms with Crippen LogP contribution < -0.4 is 10.6 Å². The van der Waals surface area contributed by atoms with Gasteiger partial charge in [0.15, 0.2) is 11.3 Å². The second kappa shape index (κ2) is 11.8. The van der Waals surface area contributed by atoms with Gasteiger partial charge >= 0.3 is 0 Å². The van der Waals surface area contributed by atoms with Crippen LogP contribution in [0.5, 0.6) is 0 Å². The highest BCUT2D eigenvalue weighted by molar-refractivity contribution is 8.00. The van der Waals surface area contributed by atoms with Crippen LogP contribution in [0.4, 0.5) is 11.4 Å². The van der Waals surface area contributed by atoms with E-state index in [0.717, 1.165) is 38.4 Å². The number of para-hydroxylation sites is 2. The van der Waals surface area contributed by atoms with E-state index in [1.165, 1.54) is 23.5 Å². The smallest absolute Gasteiger partial charge is 0.234 e. The van der Waals surface area contributed by atoms with Crippen LogP contribution in [-0.4, -0.2) is 62.8 Å². The lowest BCUT2D eigenvalue weighted by atomic mass is 10.2. The molecule has 0 aliphatic carbocycles. The number of carbonyl (C=O) groups excluding carboxylic acids is 2. The van der Waals surface area contributed by atoms with Crippen molar-refractivity contribution < 1.29 is 9.59 Å². The van der Waals surface area contributed by atoms with Crippen molar-refractivity contribution in [2.75, 3.05) is 22.1 Å². The third-order valence-corrected chi connectivity index (χ3v) is 9.11. The van der Waals surface area contributed by atoms with Crippen molar-refractivity contribution in [2.24, 2.45) is 14.1 Å². The normalized spacial score (nSPS) is 11.5. The number of benzene rings is 3. The minimum absolute atomic E-state index is 0.0957. The lowest BCUT2D eigenvalue weighted by molar-refractivity contribution is -0.114. The summed E-state index contributed by atoms with van der Waals surface area (Å²) in [6.07, 6.45) is 0. The molecule has 0 spiro atoms. The number of nitrogens with zero attached hydrogens (tertiary/aromatic N) is 8. The number of rotatable bonds is 8. The first-order valence-corrected chi connectivity index (χ1v) is 15.9. The molecule has 45 heavy (non-hydrogen) atoms. The van der Waals surface area contributed by atoms with Crippen LogP contribution in [0.2, 0.25) is 0 Å². The van der Waals surface area contributed by atoms with Gasteiger partial charge in [-0.1, -0.05) is 66.0 Å². The number of amides is 2. The van der Waals surface area contributed by atoms with E-state index in [1.54, 1.807) is 12.1 Å². The van der Waals surface area contributed by atoms with Crippen LogP contribution in [0.25, 0.3) is 44.1 Å². The van der Waals surface area contributed by atoms with E-state index in [1.807, 2.05) is 84.8 Å². The average molecular weight is 635 g/mol. The third kappa shape index (κ3) is 5.53. The van der Waals surface area contributed by atoms with Gasteiger partial charge in [-0.05, 0) is 36.8 Å². The fourth-order valence-corrected chi connectivity index (χ4v) is 6.35. The predicted octanol–water partition coefficient (Wildman–Crippen LogP) is 5.12. The van der Waals surface area contributed by atoms with E-state index in [9.17, 15) is 9.59 Å². The van der Waals surface area contributed by atoms with E-state index in [0.29, 0.717) is 33.0 Å². The van der Waals surface area contributed by atoms with Crippen LogP contribution in [0.3, 0.4) is 0 Å². The van der Waals surface area contributed by atoms with Gasteiger partial charge in [-0.2, -0.15) is 0 Å². The van der Waals surface area contributed by atoms with E-state index >= 15 is 0 Å². The zero-order chi connectivity index (χ0) is 31.1. The Morgan fingerprint density at radius 2 is 1.20 bits per heavy atom. The zero-order valence-corrected chi connectivity index (χ0v) is 26.1. The quantitative estimate of drug-likeness (QED) is 0.216. The number of hydrogen-bond acceptors (Lipinski definition) is 10. The number of thioether (sulfide) groups is 2. The molecular weight excluding hydrogens is 609 g/mol. The number of fused-ring (bicyclic) bond motifs is 6. The van der Waals surface area contributed by atoms with Crippen LogP contribution >= 0.6 is 23.5 Å². The molecule has 0 radical (unpaired) electrons. The molecule has 2 N–H and O–H groups in total. The van der Waals surface area contributed by atoms with Crippen molar-refractivity contribution in [3.8, 4) is 0 Å². The number of aryl methyl sites for hydroxylation is 3. The van der Waals surface area contributed by atoms with Crippen molar-refractivity contribution >= 4 is 90.8 Å². The molecule has 7 aromatic rings. The topological polar surface area (TPSA) is 145 Å². The molecule has 12 nitrogen and oxygen atoms in total. The van der Waals surface area contributed by atoms with Crippen molar-refractivity contribution in [1.29, 1.82) is 0 Å². The summed E-state index contributed by atoms with van der Waals surface area (Å²) in [5.41, 5.74) is 6.93. The number of carbonyl (C=O) groups is 2. The molecule has 0 saturated heterocycles. The van der Waals surface area contributed by atoms with Gasteiger partial charge < -0.3 is 19.8 Å². The summed E-state index contributed by atoms with van der Waals surface area (Å²) in [6, 6.07) is 21.2. The fourth-order valence-electron chi connectivity index (χ4n) is 5.18. The molecule has 0 saturated carbocycles. The van der Waals surface area contributed by atoms with Gasteiger partial charge in [0.05, 0.1) is 22.5 Å². The molecule has 0 unspecified atom stereocenters. The van der Waals surface area contributed by atoms with Gasteiger partial charge in [0, 0.05) is 36.2 Å². The molecule has 7 rings (SSSR count).